The summed E-state index contributed by atoms with van der Waals surface area (Å²) in [5.41, 5.74) is 0. The van der Waals surface area contributed by atoms with E-state index >= 15 is 0 Å². The van der Waals surface area contributed by atoms with E-state index in [1.54, 1.807) is 0 Å². The summed E-state index contributed by atoms with van der Waals surface area (Å²) in [7, 11) is 2.15. The van der Waals surface area contributed by atoms with E-state index < -0.39 is 0 Å². The van der Waals surface area contributed by atoms with Crippen molar-refractivity contribution in [2.45, 2.75) is 18.9 Å². The molecule has 1 aliphatic carbocycles. The third-order valence-corrected chi connectivity index (χ3v) is 2.62. The number of terminal acetylenes is 1. The van der Waals surface area contributed by atoms with Crippen LogP contribution in [0.25, 0.3) is 0 Å². The molecule has 0 N–H and O–H groups in total. The van der Waals surface area contributed by atoms with Crippen molar-refractivity contribution in [3.8, 4) is 12.3 Å². The van der Waals surface area contributed by atoms with Gasteiger partial charge in [-0.15, -0.1) is 6.42 Å². The molecule has 0 amide bonds. The van der Waals surface area contributed by atoms with E-state index in [1.807, 2.05) is 0 Å². The molecule has 72 valence electrons. The van der Waals surface area contributed by atoms with Crippen molar-refractivity contribution in [1.82, 2.24) is 14.7 Å². The molecule has 0 unspecified atom stereocenters. The molecule has 1 saturated heterocycles. The molecule has 2 aliphatic rings. The van der Waals surface area contributed by atoms with Crippen molar-refractivity contribution in [1.29, 1.82) is 0 Å². The highest BCUT2D eigenvalue weighted by Gasteiger charge is 2.32. The van der Waals surface area contributed by atoms with Gasteiger partial charge in [-0.2, -0.15) is 0 Å². The Bertz CT molecular complexity index is 217. The molecule has 1 saturated carbocycles. The van der Waals surface area contributed by atoms with Crippen molar-refractivity contribution in [2.75, 3.05) is 33.6 Å². The lowest BCUT2D eigenvalue weighted by Crippen LogP contribution is -2.54. The Kier molecular flexibility index (Phi) is 2.54. The van der Waals surface area contributed by atoms with Gasteiger partial charge in [-0.3, -0.25) is 14.7 Å². The van der Waals surface area contributed by atoms with E-state index in [4.69, 9.17) is 6.42 Å². The van der Waals surface area contributed by atoms with Crippen molar-refractivity contribution >= 4 is 0 Å². The molecule has 3 nitrogen and oxygen atoms in total. The molecule has 2 rings (SSSR count). The van der Waals surface area contributed by atoms with Crippen molar-refractivity contribution in [3.05, 3.63) is 0 Å². The van der Waals surface area contributed by atoms with Gasteiger partial charge in [-0.25, -0.2) is 0 Å². The molecule has 0 spiro atoms. The molecule has 0 atom stereocenters. The van der Waals surface area contributed by atoms with Gasteiger partial charge < -0.3 is 0 Å². The van der Waals surface area contributed by atoms with Crippen molar-refractivity contribution < 1.29 is 0 Å². The minimum Gasteiger partial charge on any atom is -0.280 e. The third-order valence-electron chi connectivity index (χ3n) is 2.62. The smallest absolute Gasteiger partial charge is 0.0622 e. The maximum absolute atomic E-state index is 5.31. The van der Waals surface area contributed by atoms with Crippen LogP contribution in [-0.4, -0.2) is 54.3 Å². The highest BCUT2D eigenvalue weighted by atomic mass is 15.5. The Morgan fingerprint density at radius 3 is 2.69 bits per heavy atom. The predicted molar refractivity (Wildman–Crippen MR) is 52.8 cm³/mol. The SMILES string of the molecule is C#CCN1CN(C)CN(C2CC2)C1. The molecule has 0 bridgehead atoms. The second-order valence-corrected chi connectivity index (χ2v) is 4.13. The standard InChI is InChI=1S/C10H17N3/c1-3-6-12-7-11(2)8-13(9-12)10-4-5-10/h1,10H,4-9H2,2H3. The number of rotatable bonds is 2. The van der Waals surface area contributed by atoms with Crippen LogP contribution in [0, 0.1) is 12.3 Å². The van der Waals surface area contributed by atoms with E-state index in [2.05, 4.69) is 27.7 Å². The Morgan fingerprint density at radius 2 is 2.08 bits per heavy atom. The molecular formula is C10H17N3. The summed E-state index contributed by atoms with van der Waals surface area (Å²) < 4.78 is 0. The lowest BCUT2D eigenvalue weighted by atomic mass is 10.4. The molecule has 2 fully saturated rings. The van der Waals surface area contributed by atoms with Gasteiger partial charge in [0, 0.05) is 6.04 Å². The zero-order chi connectivity index (χ0) is 9.26. The second-order valence-electron chi connectivity index (χ2n) is 4.13. The van der Waals surface area contributed by atoms with Crippen LogP contribution >= 0.6 is 0 Å². The van der Waals surface area contributed by atoms with Gasteiger partial charge in [-0.1, -0.05) is 5.92 Å². The topological polar surface area (TPSA) is 9.72 Å². The molecular weight excluding hydrogens is 162 g/mol. The summed E-state index contributed by atoms with van der Waals surface area (Å²) in [6.07, 6.45) is 8.06. The highest BCUT2D eigenvalue weighted by Crippen LogP contribution is 2.28. The van der Waals surface area contributed by atoms with E-state index in [-0.39, 0.29) is 0 Å². The number of hydrogen-bond acceptors (Lipinski definition) is 3. The Hall–Kier alpha value is -0.560. The molecule has 3 heteroatoms. The minimum atomic E-state index is 0.771. The van der Waals surface area contributed by atoms with E-state index in [0.29, 0.717) is 0 Å². The maximum atomic E-state index is 5.31. The first-order chi connectivity index (χ1) is 6.29. The summed E-state index contributed by atoms with van der Waals surface area (Å²) >= 11 is 0. The fourth-order valence-corrected chi connectivity index (χ4v) is 1.94. The van der Waals surface area contributed by atoms with Gasteiger partial charge >= 0.3 is 0 Å². The van der Waals surface area contributed by atoms with E-state index in [0.717, 1.165) is 32.6 Å². The zero-order valence-corrected chi connectivity index (χ0v) is 8.24. The summed E-state index contributed by atoms with van der Waals surface area (Å²) in [6.45, 7) is 3.94. The lowest BCUT2D eigenvalue weighted by Gasteiger charge is -2.40. The van der Waals surface area contributed by atoms with Crippen LogP contribution in [0.2, 0.25) is 0 Å². The lowest BCUT2D eigenvalue weighted by molar-refractivity contribution is -0.0133. The third kappa shape index (κ3) is 2.22. The molecule has 1 aliphatic heterocycles. The molecule has 1 heterocycles. The summed E-state index contributed by atoms with van der Waals surface area (Å²) in [4.78, 5) is 7.14. The molecule has 13 heavy (non-hydrogen) atoms. The van der Waals surface area contributed by atoms with Crippen molar-refractivity contribution in [3.63, 3.8) is 0 Å². The highest BCUT2D eigenvalue weighted by molar-refractivity contribution is 4.91. The number of nitrogens with zero attached hydrogens (tertiary/aromatic N) is 3. The normalized spacial score (nSPS) is 27.4. The van der Waals surface area contributed by atoms with Gasteiger partial charge in [0.05, 0.1) is 26.6 Å². The Labute approximate surface area is 80.3 Å². The molecule has 0 aromatic carbocycles. The van der Waals surface area contributed by atoms with Crippen LogP contribution in [0.4, 0.5) is 0 Å². The average molecular weight is 179 g/mol. The van der Waals surface area contributed by atoms with Gasteiger partial charge in [-0.05, 0) is 19.9 Å². The van der Waals surface area contributed by atoms with Gasteiger partial charge in [0.25, 0.3) is 0 Å². The van der Waals surface area contributed by atoms with Gasteiger partial charge in [0.15, 0.2) is 0 Å². The van der Waals surface area contributed by atoms with E-state index in [1.165, 1.54) is 12.8 Å². The Balaban J connectivity index is 1.89. The summed E-state index contributed by atoms with van der Waals surface area (Å²) in [6, 6.07) is 0.836. The van der Waals surface area contributed by atoms with Crippen LogP contribution in [-0.2, 0) is 0 Å². The van der Waals surface area contributed by atoms with E-state index in [9.17, 15) is 0 Å². The first-order valence-corrected chi connectivity index (χ1v) is 4.88. The Morgan fingerprint density at radius 1 is 1.31 bits per heavy atom. The van der Waals surface area contributed by atoms with Gasteiger partial charge in [0.2, 0.25) is 0 Å². The summed E-state index contributed by atoms with van der Waals surface area (Å²) in [5, 5.41) is 0. The molecule has 0 aromatic rings. The van der Waals surface area contributed by atoms with Gasteiger partial charge in [0.1, 0.15) is 0 Å². The second kappa shape index (κ2) is 3.67. The van der Waals surface area contributed by atoms with Crippen LogP contribution < -0.4 is 0 Å². The predicted octanol–water partition coefficient (Wildman–Crippen LogP) is 0.204. The molecule has 0 aromatic heterocycles. The first kappa shape index (κ1) is 9.01. The average Bonchev–Trinajstić information content (AvgIpc) is 2.85. The monoisotopic (exact) mass is 179 g/mol. The maximum Gasteiger partial charge on any atom is 0.0622 e. The van der Waals surface area contributed by atoms with Crippen LogP contribution in [0.5, 0.6) is 0 Å². The first-order valence-electron chi connectivity index (χ1n) is 4.88. The quantitative estimate of drug-likeness (QED) is 0.561. The van der Waals surface area contributed by atoms with Crippen molar-refractivity contribution in [2.24, 2.45) is 0 Å². The van der Waals surface area contributed by atoms with Crippen LogP contribution in [0.1, 0.15) is 12.8 Å². The fourth-order valence-electron chi connectivity index (χ4n) is 1.94. The fraction of sp³-hybridized carbons (Fsp3) is 0.800. The van der Waals surface area contributed by atoms with Crippen LogP contribution in [0.15, 0.2) is 0 Å². The zero-order valence-electron chi connectivity index (χ0n) is 8.24. The molecule has 0 radical (unpaired) electrons. The summed E-state index contributed by atoms with van der Waals surface area (Å²) in [5.74, 6) is 2.71. The largest absolute Gasteiger partial charge is 0.280 e. The van der Waals surface area contributed by atoms with Crippen LogP contribution in [0.3, 0.4) is 0 Å². The minimum absolute atomic E-state index is 0.771. The number of hydrogen-bond donors (Lipinski definition) is 0.